The van der Waals surface area contributed by atoms with E-state index in [2.05, 4.69) is 18.7 Å². The molecule has 0 bridgehead atoms. The molecular weight excluding hydrogens is 530 g/mol. The molecule has 41 heavy (non-hydrogen) atoms. The number of nitrogens with zero attached hydrogens (tertiary/aromatic N) is 2. The summed E-state index contributed by atoms with van der Waals surface area (Å²) < 4.78 is 5.83. The number of carbonyl (C=O) groups excluding carboxylic acids is 3. The predicted molar refractivity (Wildman–Crippen MR) is 149 cm³/mol. The lowest BCUT2D eigenvalue weighted by atomic mass is 9.58. The van der Waals surface area contributed by atoms with Gasteiger partial charge in [0.15, 0.2) is 11.4 Å². The molecule has 1 heterocycles. The average Bonchev–Trinajstić information content (AvgIpc) is 2.85. The van der Waals surface area contributed by atoms with Crippen LogP contribution in [0.4, 0.5) is 0 Å². The van der Waals surface area contributed by atoms with Crippen molar-refractivity contribution in [2.45, 2.75) is 57.7 Å². The van der Waals surface area contributed by atoms with Gasteiger partial charge in [0, 0.05) is 35.7 Å². The van der Waals surface area contributed by atoms with Crippen molar-refractivity contribution in [3.05, 3.63) is 45.4 Å². The Labute approximate surface area is 238 Å². The zero-order valence-electron chi connectivity index (χ0n) is 24.2. The number of carbonyl (C=O) groups is 3. The number of rotatable bonds is 5. The van der Waals surface area contributed by atoms with Crippen molar-refractivity contribution in [1.29, 1.82) is 0 Å². The number of hydrogen-bond acceptors (Lipinski definition) is 10. The number of fused-ring (bicyclic) bond motifs is 3. The van der Waals surface area contributed by atoms with Crippen LogP contribution in [0.3, 0.4) is 0 Å². The number of hydrogen-bond donors (Lipinski definition) is 5. The highest BCUT2D eigenvalue weighted by Gasteiger charge is 2.63. The molecule has 1 aliphatic heterocycles. The minimum Gasteiger partial charge on any atom is -0.510 e. The second-order valence-corrected chi connectivity index (χ2v) is 12.9. The number of amides is 1. The average molecular weight is 570 g/mol. The Hall–Kier alpha value is -3.41. The van der Waals surface area contributed by atoms with E-state index in [1.807, 2.05) is 0 Å². The lowest BCUT2D eigenvalue weighted by Crippen LogP contribution is -2.63. The standard InChI is InChI=1S/C30H39N3O8/c1-29(2)7-6-8-33(13-29)12-15-11-18(34)20-16(25(15)41-5)9-14-10-17-22(32(3)4)24(36)21(28(31)39)27(38)30(17,40)26(37)19(14)23(20)35/h11,14,17,22,34,36-37,40H,6-10,12-13H2,1-5H3,(H2,31,39)/t14-,17-,22-,30-/m0/s1. The first-order valence-electron chi connectivity index (χ1n) is 13.9. The van der Waals surface area contributed by atoms with Crippen molar-refractivity contribution < 1.29 is 39.5 Å². The fourth-order valence-corrected chi connectivity index (χ4v) is 7.65. The maximum Gasteiger partial charge on any atom is 0.255 e. The number of benzene rings is 1. The lowest BCUT2D eigenvalue weighted by molar-refractivity contribution is -0.148. The number of nitrogens with two attached hydrogens (primary N) is 1. The van der Waals surface area contributed by atoms with Crippen molar-refractivity contribution in [1.82, 2.24) is 9.80 Å². The Morgan fingerprint density at radius 3 is 2.49 bits per heavy atom. The Balaban J connectivity index is 1.62. The molecule has 1 aromatic carbocycles. The first-order chi connectivity index (χ1) is 19.1. The maximum atomic E-state index is 13.9. The molecule has 222 valence electrons. The SMILES string of the molecule is COc1c(CN2CCCC(C)(C)C2)cc(O)c2c1C[C@H]1C[C@H]3[C@H](N(C)C)C(O)=C(C(N)=O)C(=O)[C@@]3(O)C(O)=C1C2=O. The molecule has 1 amide bonds. The lowest BCUT2D eigenvalue weighted by Gasteiger charge is -2.50. The molecule has 5 rings (SSSR count). The minimum atomic E-state index is -2.66. The highest BCUT2D eigenvalue weighted by molar-refractivity contribution is 6.24. The minimum absolute atomic E-state index is 0.0280. The molecule has 3 aliphatic carbocycles. The predicted octanol–water partition coefficient (Wildman–Crippen LogP) is 1.75. The molecule has 4 aliphatic rings. The van der Waals surface area contributed by atoms with Gasteiger partial charge in [-0.1, -0.05) is 13.8 Å². The molecule has 11 heteroatoms. The molecule has 0 unspecified atom stereocenters. The zero-order valence-corrected chi connectivity index (χ0v) is 24.2. The van der Waals surface area contributed by atoms with Crippen LogP contribution in [0.2, 0.25) is 0 Å². The van der Waals surface area contributed by atoms with Crippen LogP contribution in [0.5, 0.6) is 11.5 Å². The summed E-state index contributed by atoms with van der Waals surface area (Å²) in [5.74, 6) is -6.23. The van der Waals surface area contributed by atoms with Crippen LogP contribution in [0.15, 0.2) is 28.7 Å². The highest BCUT2D eigenvalue weighted by atomic mass is 16.5. The van der Waals surface area contributed by atoms with Crippen LogP contribution in [0.1, 0.15) is 54.6 Å². The number of ether oxygens (including phenoxy) is 1. The quantitative estimate of drug-likeness (QED) is 0.329. The second kappa shape index (κ2) is 9.85. The summed E-state index contributed by atoms with van der Waals surface area (Å²) in [6.45, 7) is 6.74. The monoisotopic (exact) mass is 569 g/mol. The summed E-state index contributed by atoms with van der Waals surface area (Å²) in [7, 11) is 4.71. The van der Waals surface area contributed by atoms with Gasteiger partial charge in [0.2, 0.25) is 5.78 Å². The van der Waals surface area contributed by atoms with Gasteiger partial charge in [0.1, 0.15) is 28.6 Å². The van der Waals surface area contributed by atoms with Gasteiger partial charge in [0.25, 0.3) is 5.91 Å². The first-order valence-corrected chi connectivity index (χ1v) is 13.9. The normalized spacial score (nSPS) is 29.8. The zero-order chi connectivity index (χ0) is 30.2. The molecular formula is C30H39N3O8. The molecule has 0 radical (unpaired) electrons. The van der Waals surface area contributed by atoms with Crippen LogP contribution in [0, 0.1) is 17.3 Å². The Bertz CT molecular complexity index is 1410. The third-order valence-corrected chi connectivity index (χ3v) is 9.33. The van der Waals surface area contributed by atoms with Gasteiger partial charge >= 0.3 is 0 Å². The van der Waals surface area contributed by atoms with E-state index in [4.69, 9.17) is 10.5 Å². The van der Waals surface area contributed by atoms with E-state index in [0.29, 0.717) is 17.9 Å². The first kappa shape index (κ1) is 29.1. The molecule has 4 atom stereocenters. The fraction of sp³-hybridized carbons (Fsp3) is 0.567. The molecule has 0 aromatic heterocycles. The molecule has 11 nitrogen and oxygen atoms in total. The van der Waals surface area contributed by atoms with Crippen LogP contribution in [-0.4, -0.2) is 93.6 Å². The Morgan fingerprint density at radius 2 is 1.90 bits per heavy atom. The van der Waals surface area contributed by atoms with Crippen molar-refractivity contribution in [3.8, 4) is 11.5 Å². The van der Waals surface area contributed by atoms with Crippen LogP contribution in [-0.2, 0) is 22.6 Å². The Morgan fingerprint density at radius 1 is 1.22 bits per heavy atom. The van der Waals surface area contributed by atoms with E-state index in [0.717, 1.165) is 31.5 Å². The largest absolute Gasteiger partial charge is 0.510 e. The molecule has 1 fully saturated rings. The number of likely N-dealkylation sites (tertiary alicyclic amines) is 1. The molecule has 1 aromatic rings. The van der Waals surface area contributed by atoms with E-state index in [1.54, 1.807) is 14.1 Å². The third-order valence-electron chi connectivity index (χ3n) is 9.33. The van der Waals surface area contributed by atoms with Gasteiger partial charge in [0.05, 0.1) is 18.7 Å². The number of phenols is 1. The van der Waals surface area contributed by atoms with Crippen LogP contribution in [0.25, 0.3) is 0 Å². The number of phenolic OH excluding ortho intramolecular Hbond substituents is 1. The van der Waals surface area contributed by atoms with Crippen molar-refractivity contribution in [3.63, 3.8) is 0 Å². The number of Topliss-reactive ketones (excluding diaryl/α,β-unsaturated/α-hetero) is 2. The van der Waals surface area contributed by atoms with Crippen LogP contribution >= 0.6 is 0 Å². The van der Waals surface area contributed by atoms with Gasteiger partial charge in [-0.25, -0.2) is 0 Å². The van der Waals surface area contributed by atoms with Gasteiger partial charge < -0.3 is 30.9 Å². The summed E-state index contributed by atoms with van der Waals surface area (Å²) in [5, 5.41) is 45.2. The number of likely N-dealkylation sites (N-methyl/N-ethyl adjacent to an activating group) is 1. The number of allylic oxidation sites excluding steroid dienone is 1. The van der Waals surface area contributed by atoms with Gasteiger partial charge in [-0.3, -0.25) is 24.2 Å². The van der Waals surface area contributed by atoms with E-state index < -0.39 is 58.0 Å². The van der Waals surface area contributed by atoms with Crippen molar-refractivity contribution >= 4 is 17.5 Å². The molecule has 1 saturated heterocycles. The number of methoxy groups -OCH3 is 1. The van der Waals surface area contributed by atoms with E-state index >= 15 is 0 Å². The topological polar surface area (TPSA) is 174 Å². The summed E-state index contributed by atoms with van der Waals surface area (Å²) >= 11 is 0. The second-order valence-electron chi connectivity index (χ2n) is 12.9. The number of piperidine rings is 1. The molecule has 0 spiro atoms. The number of aliphatic hydroxyl groups excluding tert-OH is 2. The third kappa shape index (κ3) is 4.33. The van der Waals surface area contributed by atoms with Crippen LogP contribution < -0.4 is 10.5 Å². The number of ketones is 2. The van der Waals surface area contributed by atoms with Crippen molar-refractivity contribution in [2.75, 3.05) is 34.3 Å². The van der Waals surface area contributed by atoms with Gasteiger partial charge in [-0.15, -0.1) is 0 Å². The van der Waals surface area contributed by atoms with Gasteiger partial charge in [-0.05, 0) is 63.7 Å². The summed E-state index contributed by atoms with van der Waals surface area (Å²) in [4.78, 5) is 43.3. The smallest absolute Gasteiger partial charge is 0.255 e. The number of primary amides is 1. The Kier molecular flexibility index (Phi) is 6.99. The summed E-state index contributed by atoms with van der Waals surface area (Å²) in [6, 6.07) is 0.472. The summed E-state index contributed by atoms with van der Waals surface area (Å²) in [6.07, 6.45) is 2.39. The highest BCUT2D eigenvalue weighted by Crippen LogP contribution is 2.53. The number of aromatic hydroxyl groups is 1. The molecule has 6 N–H and O–H groups in total. The van der Waals surface area contributed by atoms with E-state index in [1.165, 1.54) is 18.1 Å². The fourth-order valence-electron chi connectivity index (χ4n) is 7.65. The maximum absolute atomic E-state index is 13.9. The van der Waals surface area contributed by atoms with Crippen molar-refractivity contribution in [2.24, 2.45) is 23.0 Å². The number of aliphatic hydroxyl groups is 3. The van der Waals surface area contributed by atoms with E-state index in [-0.39, 0.29) is 35.1 Å². The molecule has 0 saturated carbocycles. The summed E-state index contributed by atoms with van der Waals surface area (Å²) in [5.41, 5.74) is 3.05. The van der Waals surface area contributed by atoms with Gasteiger partial charge in [-0.2, -0.15) is 0 Å². The van der Waals surface area contributed by atoms with E-state index in [9.17, 15) is 34.8 Å².